The van der Waals surface area contributed by atoms with Crippen LogP contribution in [0.4, 0.5) is 0 Å². The zero-order chi connectivity index (χ0) is 21.3. The topological polar surface area (TPSA) is 84.2 Å². The first kappa shape index (κ1) is 19.8. The van der Waals surface area contributed by atoms with Gasteiger partial charge < -0.3 is 23.4 Å². The summed E-state index contributed by atoms with van der Waals surface area (Å²) in [6, 6.07) is 8.77. The van der Waals surface area contributed by atoms with Crippen molar-refractivity contribution in [1.82, 2.24) is 0 Å². The molecule has 1 aliphatic rings. The molecule has 0 fully saturated rings. The Bertz CT molecular complexity index is 1160. The monoisotopic (exact) mass is 410 g/mol. The average molecular weight is 410 g/mol. The highest BCUT2D eigenvalue weighted by Gasteiger charge is 2.20. The lowest BCUT2D eigenvalue weighted by Gasteiger charge is -2.19. The molecular formula is C23H22O7. The van der Waals surface area contributed by atoms with Gasteiger partial charge in [-0.15, -0.1) is 0 Å². The zero-order valence-corrected chi connectivity index (χ0v) is 17.0. The molecule has 0 aliphatic carbocycles. The van der Waals surface area contributed by atoms with E-state index in [1.54, 1.807) is 31.2 Å². The van der Waals surface area contributed by atoms with E-state index >= 15 is 0 Å². The van der Waals surface area contributed by atoms with Crippen molar-refractivity contribution >= 4 is 16.9 Å². The lowest BCUT2D eigenvalue weighted by atomic mass is 10.0. The number of ether oxygens (including phenoxy) is 4. The van der Waals surface area contributed by atoms with Crippen LogP contribution in [0.1, 0.15) is 19.4 Å². The minimum absolute atomic E-state index is 0.157. The minimum Gasteiger partial charge on any atom is -0.486 e. The van der Waals surface area contributed by atoms with Gasteiger partial charge in [0.2, 0.25) is 5.43 Å². The number of benzene rings is 2. The molecule has 1 atom stereocenters. The van der Waals surface area contributed by atoms with Crippen molar-refractivity contribution in [2.45, 2.75) is 26.4 Å². The minimum atomic E-state index is -0.776. The highest BCUT2D eigenvalue weighted by atomic mass is 16.6. The van der Waals surface area contributed by atoms with Gasteiger partial charge in [-0.3, -0.25) is 4.79 Å². The first-order valence-corrected chi connectivity index (χ1v) is 9.74. The molecule has 7 heteroatoms. The van der Waals surface area contributed by atoms with Gasteiger partial charge in [0.25, 0.3) is 0 Å². The van der Waals surface area contributed by atoms with Gasteiger partial charge in [0.05, 0.1) is 18.1 Å². The van der Waals surface area contributed by atoms with E-state index in [4.69, 9.17) is 23.4 Å². The van der Waals surface area contributed by atoms with E-state index in [-0.39, 0.29) is 5.43 Å². The Kier molecular flexibility index (Phi) is 5.35. The fourth-order valence-corrected chi connectivity index (χ4v) is 3.40. The Hall–Kier alpha value is -3.48. The number of carbonyl (C=O) groups excluding carboxylic acids is 1. The molecule has 1 unspecified atom stereocenters. The molecule has 1 aromatic heterocycles. The third-order valence-electron chi connectivity index (χ3n) is 5.03. The summed E-state index contributed by atoms with van der Waals surface area (Å²) in [7, 11) is 1.31. The SMILES string of the molecule is CCc1cc2c(=O)c(-c3ccc4c(c3)OCCO4)coc2cc1OC(C)C(=O)OC. The summed E-state index contributed by atoms with van der Waals surface area (Å²) in [5.41, 5.74) is 2.14. The molecule has 0 N–H and O–H groups in total. The Morgan fingerprint density at radius 1 is 1.13 bits per heavy atom. The normalized spacial score (nSPS) is 13.7. The highest BCUT2D eigenvalue weighted by molar-refractivity contribution is 5.84. The van der Waals surface area contributed by atoms with E-state index in [0.29, 0.717) is 59.0 Å². The van der Waals surface area contributed by atoms with Crippen molar-refractivity contribution in [2.24, 2.45) is 0 Å². The van der Waals surface area contributed by atoms with E-state index in [2.05, 4.69) is 0 Å². The molecule has 0 radical (unpaired) electrons. The number of carbonyl (C=O) groups is 1. The Balaban J connectivity index is 1.77. The Morgan fingerprint density at radius 3 is 2.63 bits per heavy atom. The first-order valence-electron chi connectivity index (χ1n) is 9.74. The number of fused-ring (bicyclic) bond motifs is 2. The highest BCUT2D eigenvalue weighted by Crippen LogP contribution is 2.34. The molecule has 0 bridgehead atoms. The lowest BCUT2D eigenvalue weighted by Crippen LogP contribution is -2.25. The van der Waals surface area contributed by atoms with Gasteiger partial charge >= 0.3 is 5.97 Å². The average Bonchev–Trinajstić information content (AvgIpc) is 2.78. The third-order valence-corrected chi connectivity index (χ3v) is 5.03. The molecular weight excluding hydrogens is 388 g/mol. The van der Waals surface area contributed by atoms with Crippen LogP contribution < -0.4 is 19.6 Å². The van der Waals surface area contributed by atoms with Gasteiger partial charge in [-0.1, -0.05) is 13.0 Å². The van der Waals surface area contributed by atoms with Crippen LogP contribution in [0.3, 0.4) is 0 Å². The summed E-state index contributed by atoms with van der Waals surface area (Å²) >= 11 is 0. The molecule has 2 heterocycles. The van der Waals surface area contributed by atoms with Crippen molar-refractivity contribution in [3.8, 4) is 28.4 Å². The van der Waals surface area contributed by atoms with Crippen LogP contribution in [0.5, 0.6) is 17.2 Å². The maximum Gasteiger partial charge on any atom is 0.346 e. The molecule has 4 rings (SSSR count). The molecule has 30 heavy (non-hydrogen) atoms. The van der Waals surface area contributed by atoms with Crippen LogP contribution in [0, 0.1) is 0 Å². The first-order chi connectivity index (χ1) is 14.5. The van der Waals surface area contributed by atoms with Crippen molar-refractivity contribution in [1.29, 1.82) is 0 Å². The Labute approximate surface area is 173 Å². The van der Waals surface area contributed by atoms with Crippen molar-refractivity contribution in [2.75, 3.05) is 20.3 Å². The molecule has 0 spiro atoms. The quantitative estimate of drug-likeness (QED) is 0.593. The Morgan fingerprint density at radius 2 is 1.90 bits per heavy atom. The number of hydrogen-bond donors (Lipinski definition) is 0. The van der Waals surface area contributed by atoms with Crippen molar-refractivity contribution in [3.05, 3.63) is 52.4 Å². The van der Waals surface area contributed by atoms with E-state index in [1.807, 2.05) is 13.0 Å². The third kappa shape index (κ3) is 3.58. The maximum absolute atomic E-state index is 13.2. The summed E-state index contributed by atoms with van der Waals surface area (Å²) in [6.07, 6.45) is 1.27. The predicted octanol–water partition coefficient (Wildman–Crippen LogP) is 3.73. The number of aryl methyl sites for hydroxylation is 1. The summed E-state index contributed by atoms with van der Waals surface area (Å²) in [4.78, 5) is 24.9. The van der Waals surface area contributed by atoms with Gasteiger partial charge in [-0.25, -0.2) is 4.79 Å². The second-order valence-electron chi connectivity index (χ2n) is 6.93. The second-order valence-corrected chi connectivity index (χ2v) is 6.93. The summed E-state index contributed by atoms with van der Waals surface area (Å²) in [5.74, 6) is 1.27. The molecule has 156 valence electrons. The van der Waals surface area contributed by atoms with Crippen LogP contribution in [-0.4, -0.2) is 32.4 Å². The molecule has 1 aliphatic heterocycles. The van der Waals surface area contributed by atoms with Gasteiger partial charge in [0.15, 0.2) is 17.6 Å². The fraction of sp³-hybridized carbons (Fsp3) is 0.304. The standard InChI is InChI=1S/C23H22O7/c1-4-14-9-16-20(11-19(14)30-13(2)23(25)26-3)29-12-17(22(16)24)15-5-6-18-21(10-15)28-8-7-27-18/h5-6,9-13H,4,7-8H2,1-3H3. The van der Waals surface area contributed by atoms with E-state index in [1.165, 1.54) is 13.4 Å². The van der Waals surface area contributed by atoms with Gasteiger partial charge in [0.1, 0.15) is 30.8 Å². The van der Waals surface area contributed by atoms with Crippen molar-refractivity contribution in [3.63, 3.8) is 0 Å². The number of rotatable bonds is 5. The van der Waals surface area contributed by atoms with Crippen LogP contribution in [0.25, 0.3) is 22.1 Å². The van der Waals surface area contributed by atoms with E-state index in [0.717, 1.165) is 5.56 Å². The summed E-state index contributed by atoms with van der Waals surface area (Å²) < 4.78 is 27.4. The van der Waals surface area contributed by atoms with Crippen LogP contribution in [0.2, 0.25) is 0 Å². The number of esters is 1. The van der Waals surface area contributed by atoms with E-state index in [9.17, 15) is 9.59 Å². The fourth-order valence-electron chi connectivity index (χ4n) is 3.40. The van der Waals surface area contributed by atoms with E-state index < -0.39 is 12.1 Å². The molecule has 0 amide bonds. The smallest absolute Gasteiger partial charge is 0.346 e. The molecule has 0 saturated heterocycles. The molecule has 0 saturated carbocycles. The second kappa shape index (κ2) is 8.10. The largest absolute Gasteiger partial charge is 0.486 e. The lowest BCUT2D eigenvalue weighted by molar-refractivity contribution is -0.147. The molecule has 3 aromatic rings. The van der Waals surface area contributed by atoms with Gasteiger partial charge in [-0.2, -0.15) is 0 Å². The molecule has 7 nitrogen and oxygen atoms in total. The number of methoxy groups -OCH3 is 1. The summed E-state index contributed by atoms with van der Waals surface area (Å²) in [6.45, 7) is 4.53. The maximum atomic E-state index is 13.2. The van der Waals surface area contributed by atoms with Crippen LogP contribution in [-0.2, 0) is 16.0 Å². The van der Waals surface area contributed by atoms with Crippen LogP contribution in [0.15, 0.2) is 45.8 Å². The van der Waals surface area contributed by atoms with Crippen LogP contribution >= 0.6 is 0 Å². The molecule has 2 aromatic carbocycles. The van der Waals surface area contributed by atoms with Gasteiger partial charge in [-0.05, 0) is 42.7 Å². The summed E-state index contributed by atoms with van der Waals surface area (Å²) in [5, 5.41) is 0.442. The van der Waals surface area contributed by atoms with Gasteiger partial charge in [0, 0.05) is 6.07 Å². The number of hydrogen-bond acceptors (Lipinski definition) is 7. The zero-order valence-electron chi connectivity index (χ0n) is 17.0. The predicted molar refractivity (Wildman–Crippen MR) is 110 cm³/mol. The van der Waals surface area contributed by atoms with Crippen molar-refractivity contribution < 1.29 is 28.2 Å².